The van der Waals surface area contributed by atoms with E-state index in [0.717, 1.165) is 34.8 Å². The Balaban J connectivity index is 2.10. The fourth-order valence-corrected chi connectivity index (χ4v) is 5.26. The zero-order valence-corrected chi connectivity index (χ0v) is 14.5. The second-order valence-electron chi connectivity index (χ2n) is 4.83. The van der Waals surface area contributed by atoms with Gasteiger partial charge in [0.25, 0.3) is 0 Å². The summed E-state index contributed by atoms with van der Waals surface area (Å²) in [6, 6.07) is 0. The maximum atomic E-state index is 10.6. The van der Waals surface area contributed by atoms with Crippen LogP contribution in [0.25, 0.3) is 0 Å². The Morgan fingerprint density at radius 3 is 3.00 bits per heavy atom. The largest absolute Gasteiger partial charge is 0.386 e. The standard InChI is InChI=1S/C12H20BrN3OS2/c1-15(2)3-4-16-11(9(13)7-14-16)12(17)10-8-18-5-6-19-10/h7,10,12,17H,3-6,8H2,1-2H3. The maximum Gasteiger partial charge on any atom is 0.109 e. The van der Waals surface area contributed by atoms with E-state index in [1.165, 1.54) is 5.75 Å². The molecule has 4 nitrogen and oxygen atoms in total. The first-order valence-corrected chi connectivity index (χ1v) is 9.32. The van der Waals surface area contributed by atoms with Gasteiger partial charge in [0.1, 0.15) is 6.10 Å². The number of rotatable bonds is 5. The minimum absolute atomic E-state index is 0.268. The van der Waals surface area contributed by atoms with Gasteiger partial charge in [-0.05, 0) is 30.0 Å². The van der Waals surface area contributed by atoms with E-state index in [1.807, 2.05) is 42.3 Å². The van der Waals surface area contributed by atoms with Gasteiger partial charge in [0.15, 0.2) is 0 Å². The van der Waals surface area contributed by atoms with Gasteiger partial charge in [-0.2, -0.15) is 28.6 Å². The lowest BCUT2D eigenvalue weighted by molar-refractivity contribution is 0.167. The molecule has 0 aliphatic carbocycles. The van der Waals surface area contributed by atoms with Crippen LogP contribution < -0.4 is 0 Å². The van der Waals surface area contributed by atoms with Crippen molar-refractivity contribution < 1.29 is 5.11 Å². The van der Waals surface area contributed by atoms with Gasteiger partial charge in [0.2, 0.25) is 0 Å². The lowest BCUT2D eigenvalue weighted by Crippen LogP contribution is -2.27. The minimum atomic E-state index is -0.447. The molecule has 0 aromatic carbocycles. The Kier molecular flexibility index (Phi) is 6.08. The predicted octanol–water partition coefficient (Wildman–Crippen LogP) is 2.09. The zero-order valence-electron chi connectivity index (χ0n) is 11.3. The average Bonchev–Trinajstić information content (AvgIpc) is 2.78. The number of aliphatic hydroxyl groups excluding tert-OH is 1. The summed E-state index contributed by atoms with van der Waals surface area (Å²) in [5.74, 6) is 3.32. The number of likely N-dealkylation sites (N-methyl/N-ethyl adjacent to an activating group) is 1. The Bertz CT molecular complexity index is 408. The van der Waals surface area contributed by atoms with Crippen molar-refractivity contribution in [2.24, 2.45) is 0 Å². The van der Waals surface area contributed by atoms with Gasteiger partial charge in [-0.1, -0.05) is 0 Å². The van der Waals surface area contributed by atoms with E-state index in [1.54, 1.807) is 6.20 Å². The molecule has 1 aromatic rings. The molecule has 1 N–H and O–H groups in total. The molecular formula is C12H20BrN3OS2. The summed E-state index contributed by atoms with van der Waals surface area (Å²) in [6.45, 7) is 1.72. The van der Waals surface area contributed by atoms with Crippen LogP contribution >= 0.6 is 39.5 Å². The maximum absolute atomic E-state index is 10.6. The second-order valence-corrected chi connectivity index (χ2v) is 8.18. The molecule has 1 fully saturated rings. The van der Waals surface area contributed by atoms with E-state index in [-0.39, 0.29) is 5.25 Å². The van der Waals surface area contributed by atoms with Crippen molar-refractivity contribution in [1.29, 1.82) is 0 Å². The predicted molar refractivity (Wildman–Crippen MR) is 87.0 cm³/mol. The summed E-state index contributed by atoms with van der Waals surface area (Å²) < 4.78 is 2.84. The van der Waals surface area contributed by atoms with Crippen LogP contribution in [-0.4, -0.2) is 62.9 Å². The smallest absolute Gasteiger partial charge is 0.109 e. The topological polar surface area (TPSA) is 41.3 Å². The third-order valence-electron chi connectivity index (χ3n) is 3.07. The van der Waals surface area contributed by atoms with Gasteiger partial charge < -0.3 is 10.0 Å². The highest BCUT2D eigenvalue weighted by Crippen LogP contribution is 2.36. The molecule has 0 saturated carbocycles. The van der Waals surface area contributed by atoms with Crippen molar-refractivity contribution in [3.8, 4) is 0 Å². The Morgan fingerprint density at radius 2 is 2.37 bits per heavy atom. The quantitative estimate of drug-likeness (QED) is 0.864. The van der Waals surface area contributed by atoms with Crippen molar-refractivity contribution in [1.82, 2.24) is 14.7 Å². The molecule has 1 aliphatic heterocycles. The molecule has 1 aliphatic rings. The van der Waals surface area contributed by atoms with Gasteiger partial charge in [-0.25, -0.2) is 0 Å². The highest BCUT2D eigenvalue weighted by Gasteiger charge is 2.28. The third kappa shape index (κ3) is 4.14. The summed E-state index contributed by atoms with van der Waals surface area (Å²) in [4.78, 5) is 2.12. The van der Waals surface area contributed by atoms with Crippen LogP contribution in [-0.2, 0) is 6.54 Å². The van der Waals surface area contributed by atoms with Gasteiger partial charge in [0, 0.05) is 29.1 Å². The molecule has 0 amide bonds. The van der Waals surface area contributed by atoms with E-state index >= 15 is 0 Å². The molecular weight excluding hydrogens is 346 g/mol. The highest BCUT2D eigenvalue weighted by atomic mass is 79.9. The number of hydrogen-bond acceptors (Lipinski definition) is 5. The second kappa shape index (κ2) is 7.36. The van der Waals surface area contributed by atoms with Gasteiger partial charge in [0.05, 0.1) is 22.9 Å². The molecule has 0 spiro atoms. The fourth-order valence-electron chi connectivity index (χ4n) is 2.00. The van der Waals surface area contributed by atoms with Crippen molar-refractivity contribution in [3.63, 3.8) is 0 Å². The first-order valence-electron chi connectivity index (χ1n) is 6.33. The normalized spacial score (nSPS) is 21.8. The molecule has 0 radical (unpaired) electrons. The lowest BCUT2D eigenvalue weighted by Gasteiger charge is -2.26. The number of hydrogen-bond donors (Lipinski definition) is 1. The number of halogens is 1. The van der Waals surface area contributed by atoms with Gasteiger partial charge in [-0.15, -0.1) is 0 Å². The molecule has 2 rings (SSSR count). The van der Waals surface area contributed by atoms with E-state index < -0.39 is 6.10 Å². The first kappa shape index (κ1) is 15.7. The van der Waals surface area contributed by atoms with Crippen molar-refractivity contribution in [2.45, 2.75) is 17.9 Å². The average molecular weight is 366 g/mol. The van der Waals surface area contributed by atoms with Crippen LogP contribution in [0.4, 0.5) is 0 Å². The number of nitrogens with zero attached hydrogens (tertiary/aromatic N) is 3. The fraction of sp³-hybridized carbons (Fsp3) is 0.750. The molecule has 0 bridgehead atoms. The summed E-state index contributed by atoms with van der Waals surface area (Å²) in [5, 5.41) is 15.3. The molecule has 2 heterocycles. The van der Waals surface area contributed by atoms with Crippen molar-refractivity contribution in [2.75, 3.05) is 37.9 Å². The van der Waals surface area contributed by atoms with E-state index in [0.29, 0.717) is 0 Å². The van der Waals surface area contributed by atoms with E-state index in [9.17, 15) is 5.11 Å². The minimum Gasteiger partial charge on any atom is -0.386 e. The van der Waals surface area contributed by atoms with E-state index in [2.05, 4.69) is 25.9 Å². The molecule has 1 saturated heterocycles. The third-order valence-corrected chi connectivity index (χ3v) is 6.53. The Morgan fingerprint density at radius 1 is 1.58 bits per heavy atom. The van der Waals surface area contributed by atoms with Gasteiger partial charge in [-0.3, -0.25) is 4.68 Å². The summed E-state index contributed by atoms with van der Waals surface area (Å²) in [7, 11) is 4.09. The molecule has 108 valence electrons. The molecule has 1 aromatic heterocycles. The van der Waals surface area contributed by atoms with E-state index in [4.69, 9.17) is 0 Å². The lowest BCUT2D eigenvalue weighted by atomic mass is 10.2. The molecule has 7 heteroatoms. The summed E-state index contributed by atoms with van der Waals surface area (Å²) in [6.07, 6.45) is 1.34. The molecule has 2 atom stereocenters. The SMILES string of the molecule is CN(C)CCn1ncc(Br)c1C(O)C1CSCCS1. The number of aliphatic hydroxyl groups is 1. The Hall–Kier alpha value is 0.310. The van der Waals surface area contributed by atoms with Crippen LogP contribution in [0.5, 0.6) is 0 Å². The first-order chi connectivity index (χ1) is 9.09. The van der Waals surface area contributed by atoms with Crippen LogP contribution in [0.2, 0.25) is 0 Å². The van der Waals surface area contributed by atoms with Crippen LogP contribution in [0.3, 0.4) is 0 Å². The Labute approximate surface area is 131 Å². The van der Waals surface area contributed by atoms with Gasteiger partial charge >= 0.3 is 0 Å². The molecule has 19 heavy (non-hydrogen) atoms. The number of aromatic nitrogens is 2. The highest BCUT2D eigenvalue weighted by molar-refractivity contribution is 9.10. The summed E-state index contributed by atoms with van der Waals surface area (Å²) in [5.41, 5.74) is 0.918. The van der Waals surface area contributed by atoms with Crippen LogP contribution in [0.15, 0.2) is 10.7 Å². The van der Waals surface area contributed by atoms with Crippen molar-refractivity contribution >= 4 is 39.5 Å². The zero-order chi connectivity index (χ0) is 13.8. The monoisotopic (exact) mass is 365 g/mol. The summed E-state index contributed by atoms with van der Waals surface area (Å²) >= 11 is 7.31. The molecule has 2 unspecified atom stereocenters. The van der Waals surface area contributed by atoms with Crippen LogP contribution in [0.1, 0.15) is 11.8 Å². The van der Waals surface area contributed by atoms with Crippen molar-refractivity contribution in [3.05, 3.63) is 16.4 Å². The number of thioether (sulfide) groups is 2. The van der Waals surface area contributed by atoms with Crippen LogP contribution in [0, 0.1) is 0 Å².